The van der Waals surface area contributed by atoms with Gasteiger partial charge in [0.15, 0.2) is 0 Å². The van der Waals surface area contributed by atoms with Gasteiger partial charge in [-0.05, 0) is 41.5 Å². The topological polar surface area (TPSA) is 82.8 Å². The molecule has 158 valence electrons. The van der Waals surface area contributed by atoms with E-state index in [0.717, 1.165) is 33.7 Å². The number of H-pyrrole nitrogens is 2. The summed E-state index contributed by atoms with van der Waals surface area (Å²) in [5, 5.41) is 1.84. The molecule has 6 heteroatoms. The van der Waals surface area contributed by atoms with Crippen molar-refractivity contribution in [3.63, 3.8) is 0 Å². The molecule has 0 saturated carbocycles. The number of rotatable bonds is 6. The number of aromatic nitrogens is 3. The second-order valence-corrected chi connectivity index (χ2v) is 8.09. The highest BCUT2D eigenvalue weighted by Gasteiger charge is 2.19. The molecule has 4 N–H and O–H groups in total. The first-order valence-corrected chi connectivity index (χ1v) is 10.8. The van der Waals surface area contributed by atoms with E-state index in [0.29, 0.717) is 17.3 Å². The third kappa shape index (κ3) is 4.15. The Morgan fingerprint density at radius 3 is 2.53 bits per heavy atom. The zero-order valence-electron chi connectivity index (χ0n) is 17.3. The Labute approximate surface area is 191 Å². The molecule has 3 aromatic carbocycles. The van der Waals surface area contributed by atoms with Crippen molar-refractivity contribution in [2.45, 2.75) is 12.5 Å². The minimum absolute atomic E-state index is 0.276. The first kappa shape index (κ1) is 20.1. The predicted molar refractivity (Wildman–Crippen MR) is 131 cm³/mol. The van der Waals surface area contributed by atoms with Gasteiger partial charge in [-0.1, -0.05) is 60.1 Å². The fraction of sp³-hybridized carbons (Fsp3) is 0.0769. The van der Waals surface area contributed by atoms with E-state index in [-0.39, 0.29) is 6.04 Å². The summed E-state index contributed by atoms with van der Waals surface area (Å²) in [6.07, 6.45) is 4.54. The maximum atomic E-state index is 6.40. The van der Waals surface area contributed by atoms with Gasteiger partial charge in [-0.3, -0.25) is 4.99 Å². The largest absolute Gasteiger partial charge is 0.383 e. The highest BCUT2D eigenvalue weighted by atomic mass is 35.5. The van der Waals surface area contributed by atoms with Gasteiger partial charge in [0.25, 0.3) is 0 Å². The molecule has 0 amide bonds. The van der Waals surface area contributed by atoms with Gasteiger partial charge < -0.3 is 15.7 Å². The minimum atomic E-state index is -0.276. The number of aliphatic imine (C=N–C) groups is 1. The molecular formula is C26H22ClN5. The highest BCUT2D eigenvalue weighted by Crippen LogP contribution is 2.28. The molecule has 0 spiro atoms. The van der Waals surface area contributed by atoms with Crippen molar-refractivity contribution in [3.05, 3.63) is 113 Å². The van der Waals surface area contributed by atoms with Crippen molar-refractivity contribution in [1.29, 1.82) is 0 Å². The molecule has 0 aliphatic carbocycles. The molecular weight excluding hydrogens is 418 g/mol. The standard InChI is InChI=1S/C26H22ClN5/c27-20-12-10-18(11-13-20)25(28)31-23(14-19-15-29-22-9-5-4-8-21(19)22)26-30-16-24(32-26)17-6-2-1-3-7-17/h1-13,15-16,23,29H,14H2,(H2,28,31)(H,30,32)/t23-/m1/s1. The number of para-hydroxylation sites is 1. The lowest BCUT2D eigenvalue weighted by atomic mass is 10.0. The summed E-state index contributed by atoms with van der Waals surface area (Å²) < 4.78 is 0. The Morgan fingerprint density at radius 1 is 0.969 bits per heavy atom. The van der Waals surface area contributed by atoms with E-state index in [9.17, 15) is 0 Å². The van der Waals surface area contributed by atoms with Crippen LogP contribution in [0.4, 0.5) is 0 Å². The molecule has 2 heterocycles. The molecule has 2 aromatic heterocycles. The van der Waals surface area contributed by atoms with Crippen LogP contribution in [-0.4, -0.2) is 20.8 Å². The molecule has 0 aliphatic heterocycles. The van der Waals surface area contributed by atoms with Crippen molar-refractivity contribution in [1.82, 2.24) is 15.0 Å². The van der Waals surface area contributed by atoms with Crippen molar-refractivity contribution in [3.8, 4) is 11.3 Å². The van der Waals surface area contributed by atoms with Crippen molar-refractivity contribution in [2.24, 2.45) is 10.7 Å². The molecule has 0 aliphatic rings. The molecule has 0 fully saturated rings. The van der Waals surface area contributed by atoms with Crippen molar-refractivity contribution >= 4 is 28.3 Å². The average Bonchev–Trinajstić information content (AvgIpc) is 3.48. The predicted octanol–water partition coefficient (Wildman–Crippen LogP) is 5.90. The summed E-state index contributed by atoms with van der Waals surface area (Å²) in [4.78, 5) is 16.3. The molecule has 5 aromatic rings. The number of hydrogen-bond acceptors (Lipinski definition) is 2. The number of nitrogens with zero attached hydrogens (tertiary/aromatic N) is 2. The third-order valence-electron chi connectivity index (χ3n) is 5.52. The normalized spacial score (nSPS) is 12.8. The monoisotopic (exact) mass is 439 g/mol. The van der Waals surface area contributed by atoms with E-state index in [1.54, 1.807) is 0 Å². The number of fused-ring (bicyclic) bond motifs is 1. The third-order valence-corrected chi connectivity index (χ3v) is 5.77. The van der Waals surface area contributed by atoms with E-state index in [1.165, 1.54) is 5.39 Å². The Morgan fingerprint density at radius 2 is 1.72 bits per heavy atom. The van der Waals surface area contributed by atoms with Crippen LogP contribution in [0.1, 0.15) is 23.0 Å². The fourth-order valence-corrected chi connectivity index (χ4v) is 3.97. The van der Waals surface area contributed by atoms with E-state index in [4.69, 9.17) is 22.3 Å². The quantitative estimate of drug-likeness (QED) is 0.227. The van der Waals surface area contributed by atoms with Crippen LogP contribution in [0.25, 0.3) is 22.2 Å². The zero-order chi connectivity index (χ0) is 21.9. The first-order valence-electron chi connectivity index (χ1n) is 10.4. The minimum Gasteiger partial charge on any atom is -0.383 e. The number of hydrogen-bond donors (Lipinski definition) is 3. The van der Waals surface area contributed by atoms with Crippen LogP contribution in [0.15, 0.2) is 96.2 Å². The van der Waals surface area contributed by atoms with Gasteiger partial charge in [-0.25, -0.2) is 4.98 Å². The van der Waals surface area contributed by atoms with Crippen LogP contribution in [0, 0.1) is 0 Å². The van der Waals surface area contributed by atoms with Crippen LogP contribution >= 0.6 is 11.6 Å². The first-order chi connectivity index (χ1) is 15.7. The maximum Gasteiger partial charge on any atom is 0.131 e. The smallest absolute Gasteiger partial charge is 0.131 e. The number of imidazole rings is 1. The average molecular weight is 440 g/mol. The van der Waals surface area contributed by atoms with Crippen LogP contribution < -0.4 is 5.73 Å². The zero-order valence-corrected chi connectivity index (χ0v) is 18.1. The molecule has 1 atom stereocenters. The fourth-order valence-electron chi connectivity index (χ4n) is 3.85. The molecule has 0 unspecified atom stereocenters. The summed E-state index contributed by atoms with van der Waals surface area (Å²) in [6, 6.07) is 25.5. The van der Waals surface area contributed by atoms with E-state index < -0.39 is 0 Å². The van der Waals surface area contributed by atoms with E-state index in [2.05, 4.69) is 39.2 Å². The summed E-state index contributed by atoms with van der Waals surface area (Å²) in [5.74, 6) is 1.22. The van der Waals surface area contributed by atoms with Gasteiger partial charge in [0.05, 0.1) is 11.9 Å². The lowest BCUT2D eigenvalue weighted by molar-refractivity contribution is 0.682. The Kier molecular flexibility index (Phi) is 5.48. The molecule has 5 nitrogen and oxygen atoms in total. The Bertz CT molecular complexity index is 1370. The number of nitrogens with two attached hydrogens (primary N) is 1. The summed E-state index contributed by atoms with van der Waals surface area (Å²) in [6.45, 7) is 0. The number of benzene rings is 3. The van der Waals surface area contributed by atoms with Crippen molar-refractivity contribution in [2.75, 3.05) is 0 Å². The van der Waals surface area contributed by atoms with Gasteiger partial charge in [-0.15, -0.1) is 0 Å². The summed E-state index contributed by atoms with van der Waals surface area (Å²) >= 11 is 6.03. The second-order valence-electron chi connectivity index (χ2n) is 7.65. The van der Waals surface area contributed by atoms with Gasteiger partial charge in [0.2, 0.25) is 0 Å². The number of amidine groups is 1. The van der Waals surface area contributed by atoms with E-state index >= 15 is 0 Å². The molecule has 0 radical (unpaired) electrons. The second kappa shape index (κ2) is 8.73. The SMILES string of the molecule is NC(=N[C@H](Cc1c[nH]c2ccccc12)c1ncc(-c2ccccc2)[nH]1)c1ccc(Cl)cc1. The van der Waals surface area contributed by atoms with Gasteiger partial charge >= 0.3 is 0 Å². The molecule has 0 saturated heterocycles. The van der Waals surface area contributed by atoms with Gasteiger partial charge in [-0.2, -0.15) is 0 Å². The van der Waals surface area contributed by atoms with E-state index in [1.807, 2.05) is 67.0 Å². The van der Waals surface area contributed by atoms with Gasteiger partial charge in [0, 0.05) is 34.1 Å². The van der Waals surface area contributed by atoms with Crippen LogP contribution in [0.3, 0.4) is 0 Å². The van der Waals surface area contributed by atoms with Gasteiger partial charge in [0.1, 0.15) is 17.7 Å². The summed E-state index contributed by atoms with van der Waals surface area (Å²) in [7, 11) is 0. The highest BCUT2D eigenvalue weighted by molar-refractivity contribution is 6.30. The number of halogens is 1. The lowest BCUT2D eigenvalue weighted by Crippen LogP contribution is -2.16. The van der Waals surface area contributed by atoms with Crippen molar-refractivity contribution < 1.29 is 0 Å². The number of nitrogens with one attached hydrogen (secondary N) is 2. The van der Waals surface area contributed by atoms with Crippen LogP contribution in [-0.2, 0) is 6.42 Å². The molecule has 0 bridgehead atoms. The van der Waals surface area contributed by atoms with Crippen LogP contribution in [0.5, 0.6) is 0 Å². The number of aromatic amines is 2. The lowest BCUT2D eigenvalue weighted by Gasteiger charge is -2.12. The Hall–Kier alpha value is -3.83. The maximum absolute atomic E-state index is 6.40. The summed E-state index contributed by atoms with van der Waals surface area (Å²) in [5.41, 5.74) is 11.5. The van der Waals surface area contributed by atoms with Crippen LogP contribution in [0.2, 0.25) is 5.02 Å². The molecule has 5 rings (SSSR count). The molecule has 32 heavy (non-hydrogen) atoms. The Balaban J connectivity index is 1.53.